The van der Waals surface area contributed by atoms with Crippen LogP contribution in [-0.4, -0.2) is 0 Å². The molecule has 20 heavy (non-hydrogen) atoms. The Morgan fingerprint density at radius 2 is 0.950 bits per heavy atom. The third-order valence-corrected chi connectivity index (χ3v) is 3.88. The van der Waals surface area contributed by atoms with Gasteiger partial charge in [-0.25, -0.2) is 0 Å². The summed E-state index contributed by atoms with van der Waals surface area (Å²) in [5.41, 5.74) is 0. The van der Waals surface area contributed by atoms with E-state index in [1.165, 1.54) is 89.9 Å². The van der Waals surface area contributed by atoms with Gasteiger partial charge in [0.1, 0.15) is 0 Å². The Morgan fingerprint density at radius 1 is 0.550 bits per heavy atom. The molecule has 0 aliphatic rings. The van der Waals surface area contributed by atoms with E-state index in [0.29, 0.717) is 0 Å². The van der Waals surface area contributed by atoms with Gasteiger partial charge in [0.15, 0.2) is 0 Å². The molecule has 0 saturated carbocycles. The highest BCUT2D eigenvalue weighted by atomic mass is 14.0. The Bertz CT molecular complexity index is 202. The average molecular weight is 278 g/mol. The van der Waals surface area contributed by atoms with Gasteiger partial charge < -0.3 is 0 Å². The Balaban J connectivity index is 3.03. The molecule has 0 rings (SSSR count). The van der Waals surface area contributed by atoms with E-state index in [0.717, 1.165) is 6.42 Å². The Kier molecular flexibility index (Phi) is 18.0. The normalized spacial score (nSPS) is 11.2. The van der Waals surface area contributed by atoms with E-state index in [2.05, 4.69) is 19.1 Å². The van der Waals surface area contributed by atoms with Crippen molar-refractivity contribution in [3.63, 3.8) is 0 Å². The van der Waals surface area contributed by atoms with E-state index in [-0.39, 0.29) is 0 Å². The van der Waals surface area contributed by atoms with Crippen molar-refractivity contribution in [1.82, 2.24) is 0 Å². The number of hydrogen-bond acceptors (Lipinski definition) is 0. The minimum Gasteiger partial charge on any atom is -0.0885 e. The molecule has 1 radical (unpaired) electrons. The summed E-state index contributed by atoms with van der Waals surface area (Å²) in [5.74, 6) is 0. The molecule has 0 saturated heterocycles. The van der Waals surface area contributed by atoms with E-state index in [1.807, 2.05) is 0 Å². The molecule has 0 N–H and O–H groups in total. The van der Waals surface area contributed by atoms with Gasteiger partial charge in [-0.1, -0.05) is 89.5 Å². The van der Waals surface area contributed by atoms with Crippen molar-refractivity contribution in [3.8, 4) is 0 Å². The number of hydrogen-bond donors (Lipinski definition) is 0. The highest BCUT2D eigenvalue weighted by Gasteiger charge is 1.90. The second-order valence-electron chi connectivity index (χ2n) is 5.96. The van der Waals surface area contributed by atoms with Crippen molar-refractivity contribution >= 4 is 0 Å². The molecule has 117 valence electrons. The van der Waals surface area contributed by atoms with Gasteiger partial charge in [-0.15, -0.1) is 0 Å². The van der Waals surface area contributed by atoms with Gasteiger partial charge in [0.05, 0.1) is 0 Å². The molecule has 0 aliphatic carbocycles. The lowest BCUT2D eigenvalue weighted by atomic mass is 10.1. The Morgan fingerprint density at radius 3 is 1.40 bits per heavy atom. The monoisotopic (exact) mass is 277 g/mol. The van der Waals surface area contributed by atoms with Crippen molar-refractivity contribution in [2.24, 2.45) is 0 Å². The van der Waals surface area contributed by atoms with E-state index in [1.54, 1.807) is 6.08 Å². The quantitative estimate of drug-likeness (QED) is 0.203. The van der Waals surface area contributed by atoms with E-state index >= 15 is 0 Å². The van der Waals surface area contributed by atoms with Crippen molar-refractivity contribution in [3.05, 3.63) is 24.8 Å². The fraction of sp³-hybridized carbons (Fsp3) is 0.800. The zero-order chi connectivity index (χ0) is 14.7. The average Bonchev–Trinajstić information content (AvgIpc) is 2.47. The summed E-state index contributed by atoms with van der Waals surface area (Å²) < 4.78 is 0. The van der Waals surface area contributed by atoms with Crippen LogP contribution in [0, 0.1) is 6.58 Å². The summed E-state index contributed by atoms with van der Waals surface area (Å²) in [6, 6.07) is 0. The van der Waals surface area contributed by atoms with Crippen molar-refractivity contribution in [2.75, 3.05) is 0 Å². The third-order valence-electron chi connectivity index (χ3n) is 3.88. The van der Waals surface area contributed by atoms with Crippen molar-refractivity contribution in [1.29, 1.82) is 0 Å². The first-order chi connectivity index (χ1) is 9.91. The first kappa shape index (κ1) is 19.5. The number of allylic oxidation sites excluding steroid dienone is 3. The van der Waals surface area contributed by atoms with Gasteiger partial charge in [-0.3, -0.25) is 0 Å². The molecule has 0 amide bonds. The van der Waals surface area contributed by atoms with Crippen LogP contribution >= 0.6 is 0 Å². The minimum absolute atomic E-state index is 1.08. The third kappa shape index (κ3) is 17.5. The van der Waals surface area contributed by atoms with Crippen LogP contribution in [0.2, 0.25) is 0 Å². The van der Waals surface area contributed by atoms with E-state index < -0.39 is 0 Å². The first-order valence-electron chi connectivity index (χ1n) is 9.10. The summed E-state index contributed by atoms with van der Waals surface area (Å²) in [4.78, 5) is 0. The molecule has 0 unspecified atom stereocenters. The lowest BCUT2D eigenvalue weighted by Crippen LogP contribution is -1.79. The molecule has 0 spiro atoms. The predicted octanol–water partition coefficient (Wildman–Crippen LogP) is 7.40. The van der Waals surface area contributed by atoms with Gasteiger partial charge in [-0.2, -0.15) is 0 Å². The fourth-order valence-corrected chi connectivity index (χ4v) is 2.51. The van der Waals surface area contributed by atoms with Gasteiger partial charge >= 0.3 is 0 Å². The standard InChI is InChI=1S/C20H37/c1-3-5-7-9-11-13-15-17-19-20-18-16-14-12-10-8-6-4-2/h1,3,18,20H,4-17,19H2,2H3/b3-1?,20-18-. The highest BCUT2D eigenvalue weighted by molar-refractivity contribution is 4.81. The number of unbranched alkanes of at least 4 members (excludes halogenated alkanes) is 13. The lowest BCUT2D eigenvalue weighted by Gasteiger charge is -1.99. The van der Waals surface area contributed by atoms with Gasteiger partial charge in [-0.05, 0) is 38.5 Å². The molecule has 0 aromatic rings. The molecule has 0 heterocycles. The van der Waals surface area contributed by atoms with Gasteiger partial charge in [0.2, 0.25) is 0 Å². The lowest BCUT2D eigenvalue weighted by molar-refractivity contribution is 0.598. The van der Waals surface area contributed by atoms with Crippen LogP contribution < -0.4 is 0 Å². The molecular formula is C20H37. The summed E-state index contributed by atoms with van der Waals surface area (Å²) in [6.07, 6.45) is 26.9. The van der Waals surface area contributed by atoms with Gasteiger partial charge in [0, 0.05) is 0 Å². The maximum atomic E-state index is 5.36. The number of rotatable bonds is 16. The van der Waals surface area contributed by atoms with Crippen molar-refractivity contribution < 1.29 is 0 Å². The maximum Gasteiger partial charge on any atom is -0.0348 e. The van der Waals surface area contributed by atoms with Crippen molar-refractivity contribution in [2.45, 2.75) is 103 Å². The molecule has 0 fully saturated rings. The smallest absolute Gasteiger partial charge is 0.0348 e. The van der Waals surface area contributed by atoms with Crippen LogP contribution in [0.1, 0.15) is 103 Å². The summed E-state index contributed by atoms with van der Waals surface area (Å²) in [6.45, 7) is 7.64. The van der Waals surface area contributed by atoms with Crippen LogP contribution in [0.15, 0.2) is 18.2 Å². The van der Waals surface area contributed by atoms with Crippen LogP contribution in [0.3, 0.4) is 0 Å². The van der Waals surface area contributed by atoms with Gasteiger partial charge in [0.25, 0.3) is 0 Å². The molecule has 0 aromatic heterocycles. The van der Waals surface area contributed by atoms with Crippen LogP contribution in [0.5, 0.6) is 0 Å². The zero-order valence-electron chi connectivity index (χ0n) is 13.9. The Hall–Kier alpha value is -0.520. The molecule has 0 nitrogen and oxygen atoms in total. The van der Waals surface area contributed by atoms with E-state index in [9.17, 15) is 0 Å². The predicted molar refractivity (Wildman–Crippen MR) is 92.9 cm³/mol. The van der Waals surface area contributed by atoms with Crippen LogP contribution in [-0.2, 0) is 0 Å². The summed E-state index contributed by atoms with van der Waals surface area (Å²) >= 11 is 0. The molecule has 0 bridgehead atoms. The SMILES string of the molecule is [CH]=CCCCCCCCC/C=C\CCCCCCCC. The molecule has 0 aromatic carbocycles. The fourth-order valence-electron chi connectivity index (χ4n) is 2.51. The summed E-state index contributed by atoms with van der Waals surface area (Å²) in [5, 5.41) is 0. The second-order valence-corrected chi connectivity index (χ2v) is 5.96. The molecular weight excluding hydrogens is 240 g/mol. The van der Waals surface area contributed by atoms with Crippen LogP contribution in [0.25, 0.3) is 0 Å². The molecule has 0 atom stereocenters. The topological polar surface area (TPSA) is 0 Å². The first-order valence-corrected chi connectivity index (χ1v) is 9.10. The second kappa shape index (κ2) is 18.5. The van der Waals surface area contributed by atoms with Crippen LogP contribution in [0.4, 0.5) is 0 Å². The molecule has 0 heteroatoms. The molecule has 0 aliphatic heterocycles. The zero-order valence-corrected chi connectivity index (χ0v) is 13.9. The van der Waals surface area contributed by atoms with E-state index in [4.69, 9.17) is 6.58 Å². The Labute approximate surface area is 128 Å². The minimum atomic E-state index is 1.08. The largest absolute Gasteiger partial charge is 0.0885 e. The highest BCUT2D eigenvalue weighted by Crippen LogP contribution is 2.10. The summed E-state index contributed by atoms with van der Waals surface area (Å²) in [7, 11) is 0. The maximum absolute atomic E-state index is 5.36.